The number of hydrogen-bond donors (Lipinski definition) is 0. The molecule has 0 atom stereocenters. The molecular weight excluding hydrogens is 699 g/mol. The lowest BCUT2D eigenvalue weighted by molar-refractivity contribution is 0.652. The Morgan fingerprint density at radius 1 is 0.310 bits per heavy atom. The number of para-hydroxylation sites is 1. The summed E-state index contributed by atoms with van der Waals surface area (Å²) in [6.45, 7) is 14.4. The molecule has 1 heteroatoms. The molecule has 3 aliphatic carbocycles. The smallest absolute Gasteiger partial charge is 0.0468 e. The maximum absolute atomic E-state index is 2.55. The van der Waals surface area contributed by atoms with E-state index < -0.39 is 0 Å². The average molecular weight is 744 g/mol. The molecule has 278 valence electrons. The van der Waals surface area contributed by atoms with Crippen LogP contribution >= 0.6 is 0 Å². The first kappa shape index (κ1) is 33.7. The number of rotatable bonds is 3. The van der Waals surface area contributed by atoms with E-state index >= 15 is 0 Å². The van der Waals surface area contributed by atoms with Crippen LogP contribution < -0.4 is 4.90 Å². The number of fused-ring (bicyclic) bond motifs is 14. The molecule has 58 heavy (non-hydrogen) atoms. The first-order chi connectivity index (χ1) is 28.0. The predicted octanol–water partition coefficient (Wildman–Crippen LogP) is 15.5. The first-order valence-electron chi connectivity index (χ1n) is 20.8. The lowest BCUT2D eigenvalue weighted by Crippen LogP contribution is -2.17. The highest BCUT2D eigenvalue weighted by atomic mass is 15.1. The van der Waals surface area contributed by atoms with E-state index in [0.29, 0.717) is 0 Å². The van der Waals surface area contributed by atoms with Crippen molar-refractivity contribution in [2.75, 3.05) is 4.90 Å². The Bertz CT molecular complexity index is 3250. The monoisotopic (exact) mass is 743 g/mol. The standard InChI is InChI=1S/C57H45N/c1-55(2)48-27-22-34-14-10-12-18-41(34)53(48)47-33-51-46(32-52(47)55)43-26-24-40(31-50(43)56(51,3)4)58(38-16-8-7-9-17-38)39-23-20-36-29-45-44-25-21-35-15-11-13-19-42(35)54(44)57(5,6)49(45)30-37(36)28-39/h7-33H,1-6H3. The van der Waals surface area contributed by atoms with Gasteiger partial charge in [0.25, 0.3) is 0 Å². The number of anilines is 3. The minimum Gasteiger partial charge on any atom is -0.310 e. The zero-order valence-corrected chi connectivity index (χ0v) is 34.0. The van der Waals surface area contributed by atoms with E-state index in [2.05, 4.69) is 210 Å². The highest BCUT2D eigenvalue weighted by Gasteiger charge is 2.43. The number of nitrogens with zero attached hydrogens (tertiary/aromatic N) is 1. The second-order valence-electron chi connectivity index (χ2n) is 18.6. The fourth-order valence-electron chi connectivity index (χ4n) is 11.4. The number of hydrogen-bond acceptors (Lipinski definition) is 1. The fourth-order valence-corrected chi connectivity index (χ4v) is 11.4. The quantitative estimate of drug-likeness (QED) is 0.174. The Kier molecular flexibility index (Phi) is 6.60. The van der Waals surface area contributed by atoms with Crippen molar-refractivity contribution in [2.24, 2.45) is 0 Å². The van der Waals surface area contributed by atoms with Crippen LogP contribution in [0.15, 0.2) is 164 Å². The fraction of sp³-hybridized carbons (Fsp3) is 0.158. The first-order valence-corrected chi connectivity index (χ1v) is 20.8. The molecule has 0 aliphatic heterocycles. The van der Waals surface area contributed by atoms with Crippen LogP contribution in [0.4, 0.5) is 17.1 Å². The van der Waals surface area contributed by atoms with Crippen LogP contribution in [-0.4, -0.2) is 0 Å². The summed E-state index contributed by atoms with van der Waals surface area (Å²) >= 11 is 0. The van der Waals surface area contributed by atoms with Crippen molar-refractivity contribution in [3.8, 4) is 33.4 Å². The zero-order chi connectivity index (χ0) is 39.3. The van der Waals surface area contributed by atoms with Crippen LogP contribution in [0.2, 0.25) is 0 Å². The summed E-state index contributed by atoms with van der Waals surface area (Å²) in [5, 5.41) is 7.85. The SMILES string of the molecule is CC1(C)c2cc(N(c3ccccc3)c3ccc4cc5c(cc4c3)C(C)(C)c3c-5ccc4ccccc34)ccc2-c2cc3c(cc21)-c1c(ccc2ccccc12)C3(C)C. The molecule has 9 aromatic carbocycles. The van der Waals surface area contributed by atoms with Gasteiger partial charge in [-0.3, -0.25) is 0 Å². The van der Waals surface area contributed by atoms with Crippen molar-refractivity contribution in [2.45, 2.75) is 57.8 Å². The zero-order valence-electron chi connectivity index (χ0n) is 34.0. The Hall–Kier alpha value is -6.44. The van der Waals surface area contributed by atoms with E-state index in [4.69, 9.17) is 0 Å². The molecule has 9 aromatic rings. The average Bonchev–Trinajstić information content (AvgIpc) is 3.71. The maximum atomic E-state index is 2.55. The van der Waals surface area contributed by atoms with E-state index in [1.54, 1.807) is 0 Å². The Morgan fingerprint density at radius 3 is 1.67 bits per heavy atom. The highest BCUT2D eigenvalue weighted by Crippen LogP contribution is 2.58. The second kappa shape index (κ2) is 11.4. The summed E-state index contributed by atoms with van der Waals surface area (Å²) in [5.74, 6) is 0. The summed E-state index contributed by atoms with van der Waals surface area (Å²) in [7, 11) is 0. The van der Waals surface area contributed by atoms with Gasteiger partial charge >= 0.3 is 0 Å². The normalized spacial score (nSPS) is 15.8. The van der Waals surface area contributed by atoms with E-state index in [1.165, 1.54) is 105 Å². The van der Waals surface area contributed by atoms with Gasteiger partial charge in [0.1, 0.15) is 0 Å². The van der Waals surface area contributed by atoms with Gasteiger partial charge in [-0.15, -0.1) is 0 Å². The van der Waals surface area contributed by atoms with Crippen molar-refractivity contribution < 1.29 is 0 Å². The van der Waals surface area contributed by atoms with E-state index in [0.717, 1.165) is 11.4 Å². The van der Waals surface area contributed by atoms with Gasteiger partial charge in [-0.1, -0.05) is 145 Å². The van der Waals surface area contributed by atoms with Gasteiger partial charge in [0.15, 0.2) is 0 Å². The van der Waals surface area contributed by atoms with Crippen molar-refractivity contribution in [1.82, 2.24) is 0 Å². The molecule has 0 fully saturated rings. The lowest BCUT2D eigenvalue weighted by atomic mass is 9.79. The summed E-state index contributed by atoms with van der Waals surface area (Å²) in [6.07, 6.45) is 0. The number of benzene rings is 9. The predicted molar refractivity (Wildman–Crippen MR) is 246 cm³/mol. The third kappa shape index (κ3) is 4.37. The van der Waals surface area contributed by atoms with Crippen molar-refractivity contribution in [3.63, 3.8) is 0 Å². The Balaban J connectivity index is 0.994. The third-order valence-electron chi connectivity index (χ3n) is 14.4. The molecule has 0 radical (unpaired) electrons. The van der Waals surface area contributed by atoms with Gasteiger partial charge in [-0.2, -0.15) is 0 Å². The van der Waals surface area contributed by atoms with Gasteiger partial charge < -0.3 is 4.90 Å². The van der Waals surface area contributed by atoms with Crippen LogP contribution in [0.5, 0.6) is 0 Å². The van der Waals surface area contributed by atoms with Gasteiger partial charge in [0, 0.05) is 33.3 Å². The summed E-state index contributed by atoms with van der Waals surface area (Å²) in [4.78, 5) is 2.45. The molecule has 1 nitrogen and oxygen atoms in total. The van der Waals surface area contributed by atoms with Gasteiger partial charge in [-0.05, 0) is 160 Å². The summed E-state index contributed by atoms with van der Waals surface area (Å²) in [6, 6.07) is 62.1. The van der Waals surface area contributed by atoms with E-state index in [-0.39, 0.29) is 16.2 Å². The van der Waals surface area contributed by atoms with E-state index in [1.807, 2.05) is 0 Å². The molecule has 0 aromatic heterocycles. The topological polar surface area (TPSA) is 3.24 Å². The second-order valence-corrected chi connectivity index (χ2v) is 18.6. The van der Waals surface area contributed by atoms with Gasteiger partial charge in [0.05, 0.1) is 0 Å². The van der Waals surface area contributed by atoms with Crippen molar-refractivity contribution in [1.29, 1.82) is 0 Å². The largest absolute Gasteiger partial charge is 0.310 e. The van der Waals surface area contributed by atoms with Crippen LogP contribution in [0.25, 0.3) is 65.7 Å². The van der Waals surface area contributed by atoms with Crippen LogP contribution in [0.3, 0.4) is 0 Å². The molecule has 0 bridgehead atoms. The highest BCUT2D eigenvalue weighted by molar-refractivity contribution is 6.05. The maximum Gasteiger partial charge on any atom is 0.0468 e. The summed E-state index contributed by atoms with van der Waals surface area (Å²) < 4.78 is 0. The van der Waals surface area contributed by atoms with Crippen LogP contribution in [0, 0.1) is 0 Å². The third-order valence-corrected chi connectivity index (χ3v) is 14.4. The molecule has 0 heterocycles. The minimum atomic E-state index is -0.176. The van der Waals surface area contributed by atoms with Crippen LogP contribution in [-0.2, 0) is 16.2 Å². The molecule has 0 N–H and O–H groups in total. The van der Waals surface area contributed by atoms with Gasteiger partial charge in [-0.25, -0.2) is 0 Å². The molecule has 0 saturated carbocycles. The Labute approximate surface area is 341 Å². The van der Waals surface area contributed by atoms with Gasteiger partial charge in [0.2, 0.25) is 0 Å². The molecule has 0 saturated heterocycles. The molecule has 0 spiro atoms. The molecule has 0 unspecified atom stereocenters. The summed E-state index contributed by atoms with van der Waals surface area (Å²) in [5.41, 5.74) is 19.9. The lowest BCUT2D eigenvalue weighted by Gasteiger charge is -2.28. The molecule has 0 amide bonds. The molecular formula is C57H45N. The minimum absolute atomic E-state index is 0.0807. The van der Waals surface area contributed by atoms with E-state index in [9.17, 15) is 0 Å². The molecule has 12 rings (SSSR count). The Morgan fingerprint density at radius 2 is 0.862 bits per heavy atom. The van der Waals surface area contributed by atoms with Crippen molar-refractivity contribution in [3.05, 3.63) is 197 Å². The molecule has 3 aliphatic rings. The van der Waals surface area contributed by atoms with Crippen LogP contribution in [0.1, 0.15) is 74.9 Å². The van der Waals surface area contributed by atoms with Crippen molar-refractivity contribution >= 4 is 49.4 Å².